The van der Waals surface area contributed by atoms with Crippen molar-refractivity contribution < 1.29 is 13.2 Å². The van der Waals surface area contributed by atoms with Gasteiger partial charge in [0.15, 0.2) is 0 Å². The summed E-state index contributed by atoms with van der Waals surface area (Å²) in [6.45, 7) is 0. The van der Waals surface area contributed by atoms with Gasteiger partial charge in [0.05, 0.1) is 0 Å². The second kappa shape index (κ2) is 4.29. The SMILES string of the molecule is CSNSCC(F)(F)F. The molecule has 0 atom stereocenters. The van der Waals surface area contributed by atoms with Gasteiger partial charge in [-0.15, -0.1) is 0 Å². The lowest BCUT2D eigenvalue weighted by Gasteiger charge is -2.03. The molecule has 0 aliphatic rings. The third-order valence-electron chi connectivity index (χ3n) is 0.378. The van der Waals surface area contributed by atoms with Gasteiger partial charge in [0.2, 0.25) is 0 Å². The van der Waals surface area contributed by atoms with Crippen molar-refractivity contribution in [2.45, 2.75) is 6.18 Å². The average molecular weight is 177 g/mol. The Morgan fingerprint density at radius 3 is 2.33 bits per heavy atom. The third-order valence-corrected chi connectivity index (χ3v) is 1.99. The topological polar surface area (TPSA) is 12.0 Å². The van der Waals surface area contributed by atoms with Gasteiger partial charge in [-0.3, -0.25) is 0 Å². The van der Waals surface area contributed by atoms with Crippen molar-refractivity contribution in [1.29, 1.82) is 0 Å². The van der Waals surface area contributed by atoms with Gasteiger partial charge in [0.25, 0.3) is 0 Å². The highest BCUT2D eigenvalue weighted by Crippen LogP contribution is 2.19. The maximum atomic E-state index is 11.3. The van der Waals surface area contributed by atoms with Gasteiger partial charge in [-0.25, -0.2) is 4.13 Å². The number of hydrogen-bond donors (Lipinski definition) is 1. The predicted octanol–water partition coefficient (Wildman–Crippen LogP) is 2.06. The van der Waals surface area contributed by atoms with E-state index in [1.807, 2.05) is 0 Å². The van der Waals surface area contributed by atoms with Gasteiger partial charge in [-0.05, 0) is 6.26 Å². The van der Waals surface area contributed by atoms with Crippen LogP contribution in [0.2, 0.25) is 0 Å². The number of rotatable bonds is 3. The summed E-state index contributed by atoms with van der Waals surface area (Å²) in [4.78, 5) is 0. The molecule has 1 N–H and O–H groups in total. The second-order valence-corrected chi connectivity index (χ2v) is 2.84. The van der Waals surface area contributed by atoms with E-state index in [4.69, 9.17) is 0 Å². The van der Waals surface area contributed by atoms with Crippen LogP contribution in [0.3, 0.4) is 0 Å². The highest BCUT2D eigenvalue weighted by molar-refractivity contribution is 8.12. The average Bonchev–Trinajstić information content (AvgIpc) is 1.63. The molecule has 0 fully saturated rings. The fourth-order valence-electron chi connectivity index (χ4n) is 0.170. The summed E-state index contributed by atoms with van der Waals surface area (Å²) in [5.74, 6) is -0.839. The quantitative estimate of drug-likeness (QED) is 0.523. The van der Waals surface area contributed by atoms with E-state index in [-0.39, 0.29) is 0 Å². The Morgan fingerprint density at radius 2 is 2.00 bits per heavy atom. The summed E-state index contributed by atoms with van der Waals surface area (Å²) < 4.78 is 36.3. The molecule has 0 radical (unpaired) electrons. The number of halogens is 3. The Hall–Kier alpha value is 0.450. The summed E-state index contributed by atoms with van der Waals surface area (Å²) in [6.07, 6.45) is -2.39. The monoisotopic (exact) mass is 177 g/mol. The van der Waals surface area contributed by atoms with Gasteiger partial charge in [0, 0.05) is 0 Å². The van der Waals surface area contributed by atoms with Crippen molar-refractivity contribution in [1.82, 2.24) is 4.13 Å². The smallest absolute Gasteiger partial charge is 0.208 e. The highest BCUT2D eigenvalue weighted by Gasteiger charge is 2.26. The number of alkyl halides is 3. The molecule has 56 valence electrons. The van der Waals surface area contributed by atoms with Crippen molar-refractivity contribution in [2.24, 2.45) is 0 Å². The predicted molar refractivity (Wildman–Crippen MR) is 35.2 cm³/mol. The maximum absolute atomic E-state index is 11.3. The lowest BCUT2D eigenvalue weighted by molar-refractivity contribution is -0.105. The van der Waals surface area contributed by atoms with E-state index in [1.54, 1.807) is 6.26 Å². The zero-order valence-electron chi connectivity index (χ0n) is 4.66. The molecule has 1 nitrogen and oxygen atoms in total. The first-order chi connectivity index (χ1) is 4.06. The summed E-state index contributed by atoms with van der Waals surface area (Å²) in [7, 11) is 0. The van der Waals surface area contributed by atoms with E-state index >= 15 is 0 Å². The van der Waals surface area contributed by atoms with E-state index in [9.17, 15) is 13.2 Å². The zero-order chi connectivity index (χ0) is 7.33. The molecule has 0 amide bonds. The molecule has 0 aromatic heterocycles. The van der Waals surface area contributed by atoms with Crippen LogP contribution in [0.25, 0.3) is 0 Å². The largest absolute Gasteiger partial charge is 0.399 e. The Kier molecular flexibility index (Phi) is 4.51. The minimum Gasteiger partial charge on any atom is -0.208 e. The van der Waals surface area contributed by atoms with E-state index in [0.29, 0.717) is 11.9 Å². The van der Waals surface area contributed by atoms with Crippen molar-refractivity contribution in [2.75, 3.05) is 12.0 Å². The van der Waals surface area contributed by atoms with Crippen LogP contribution in [0.15, 0.2) is 0 Å². The van der Waals surface area contributed by atoms with E-state index in [2.05, 4.69) is 4.13 Å². The second-order valence-electron chi connectivity index (χ2n) is 1.19. The van der Waals surface area contributed by atoms with Crippen molar-refractivity contribution in [3.8, 4) is 0 Å². The molecule has 0 aliphatic heterocycles. The third kappa shape index (κ3) is 8.45. The molecule has 6 heteroatoms. The minimum atomic E-state index is -4.06. The normalized spacial score (nSPS) is 12.0. The van der Waals surface area contributed by atoms with Crippen molar-refractivity contribution in [3.63, 3.8) is 0 Å². The molecule has 9 heavy (non-hydrogen) atoms. The van der Waals surface area contributed by atoms with Gasteiger partial charge < -0.3 is 0 Å². The van der Waals surface area contributed by atoms with Gasteiger partial charge in [-0.1, -0.05) is 23.9 Å². The van der Waals surface area contributed by atoms with Crippen LogP contribution in [0, 0.1) is 0 Å². The molecule has 0 saturated carbocycles. The van der Waals surface area contributed by atoms with Gasteiger partial charge >= 0.3 is 6.18 Å². The lowest BCUT2D eigenvalue weighted by Crippen LogP contribution is -2.12. The summed E-state index contributed by atoms with van der Waals surface area (Å²) in [5.41, 5.74) is 0. The first-order valence-corrected chi connectivity index (χ1v) is 4.24. The molecule has 0 bridgehead atoms. The Bertz CT molecular complexity index is 73.9. The standard InChI is InChI=1S/C3H6F3NS2/c1-8-7-9-2-3(4,5)6/h7H,2H2,1H3. The maximum Gasteiger partial charge on any atom is 0.399 e. The van der Waals surface area contributed by atoms with Crippen LogP contribution >= 0.6 is 23.9 Å². The summed E-state index contributed by atoms with van der Waals surface area (Å²) >= 11 is 1.80. The summed E-state index contributed by atoms with van der Waals surface area (Å²) in [6, 6.07) is 0. The number of hydrogen-bond acceptors (Lipinski definition) is 3. The fourth-order valence-corrected chi connectivity index (χ4v) is 1.04. The Balaban J connectivity index is 3.07. The van der Waals surface area contributed by atoms with E-state index in [1.165, 1.54) is 0 Å². The molecule has 0 rings (SSSR count). The highest BCUT2D eigenvalue weighted by atomic mass is 32.2. The zero-order valence-corrected chi connectivity index (χ0v) is 6.29. The molecule has 0 heterocycles. The minimum absolute atomic E-state index is 0.648. The molecule has 0 unspecified atom stereocenters. The Labute approximate surface area is 60.0 Å². The molecular weight excluding hydrogens is 171 g/mol. The van der Waals surface area contributed by atoms with Crippen LogP contribution in [-0.2, 0) is 0 Å². The van der Waals surface area contributed by atoms with Crippen LogP contribution in [0.4, 0.5) is 13.2 Å². The van der Waals surface area contributed by atoms with Crippen molar-refractivity contribution >= 4 is 23.9 Å². The van der Waals surface area contributed by atoms with Gasteiger partial charge in [-0.2, -0.15) is 13.2 Å². The first-order valence-electron chi connectivity index (χ1n) is 2.03. The molecular formula is C3H6F3NS2. The van der Waals surface area contributed by atoms with Crippen LogP contribution < -0.4 is 4.13 Å². The Morgan fingerprint density at radius 1 is 1.44 bits per heavy atom. The van der Waals surface area contributed by atoms with Crippen molar-refractivity contribution in [3.05, 3.63) is 0 Å². The number of nitrogens with one attached hydrogen (secondary N) is 1. The molecule has 0 aliphatic carbocycles. The van der Waals surface area contributed by atoms with E-state index < -0.39 is 11.9 Å². The van der Waals surface area contributed by atoms with Gasteiger partial charge in [0.1, 0.15) is 5.75 Å². The molecule has 0 spiro atoms. The lowest BCUT2D eigenvalue weighted by atomic mass is 10.8. The van der Waals surface area contributed by atoms with E-state index in [0.717, 1.165) is 11.9 Å². The van der Waals surface area contributed by atoms with Crippen LogP contribution in [0.1, 0.15) is 0 Å². The molecule has 0 aromatic carbocycles. The summed E-state index contributed by atoms with van der Waals surface area (Å²) in [5, 5.41) is 0. The van der Waals surface area contributed by atoms with Crippen LogP contribution in [0.5, 0.6) is 0 Å². The first kappa shape index (κ1) is 9.45. The molecule has 0 saturated heterocycles. The fraction of sp³-hybridized carbons (Fsp3) is 1.00. The molecule has 0 aromatic rings. The van der Waals surface area contributed by atoms with Crippen LogP contribution in [-0.4, -0.2) is 18.2 Å².